The van der Waals surface area contributed by atoms with E-state index in [4.69, 9.17) is 0 Å². The number of hydrogen-bond donors (Lipinski definition) is 2. The van der Waals surface area contributed by atoms with Crippen molar-refractivity contribution in [3.05, 3.63) is 11.8 Å². The monoisotopic (exact) mass is 251 g/mol. The SMILES string of the molecule is CSc1ncc(C(C)O)c(NC23CC(C2)C3)n1. The van der Waals surface area contributed by atoms with Crippen molar-refractivity contribution in [2.75, 3.05) is 11.6 Å². The predicted molar refractivity (Wildman–Crippen MR) is 68.1 cm³/mol. The molecule has 1 heterocycles. The molecule has 5 heteroatoms. The van der Waals surface area contributed by atoms with Gasteiger partial charge < -0.3 is 10.4 Å². The number of rotatable bonds is 4. The van der Waals surface area contributed by atoms with Gasteiger partial charge in [-0.3, -0.25) is 0 Å². The normalized spacial score (nSPS) is 31.4. The first-order valence-corrected chi connectivity index (χ1v) is 7.21. The Hall–Kier alpha value is -0.810. The van der Waals surface area contributed by atoms with Gasteiger partial charge in [-0.1, -0.05) is 11.8 Å². The quantitative estimate of drug-likeness (QED) is 0.634. The highest BCUT2D eigenvalue weighted by atomic mass is 32.2. The number of aliphatic hydroxyl groups excluding tert-OH is 1. The van der Waals surface area contributed by atoms with Gasteiger partial charge in [0.2, 0.25) is 0 Å². The lowest BCUT2D eigenvalue weighted by Crippen LogP contribution is -2.63. The van der Waals surface area contributed by atoms with E-state index in [1.807, 2.05) is 6.26 Å². The van der Waals surface area contributed by atoms with Gasteiger partial charge >= 0.3 is 0 Å². The number of thioether (sulfide) groups is 1. The largest absolute Gasteiger partial charge is 0.389 e. The van der Waals surface area contributed by atoms with E-state index in [1.54, 1.807) is 13.1 Å². The Bertz CT molecular complexity index is 432. The van der Waals surface area contributed by atoms with Gasteiger partial charge in [-0.05, 0) is 38.4 Å². The average molecular weight is 251 g/mol. The molecular weight excluding hydrogens is 234 g/mol. The molecule has 92 valence electrons. The molecule has 1 aromatic heterocycles. The molecule has 17 heavy (non-hydrogen) atoms. The molecule has 3 aliphatic carbocycles. The molecular formula is C12H17N3OS. The Kier molecular flexibility index (Phi) is 2.56. The van der Waals surface area contributed by atoms with E-state index in [0.29, 0.717) is 0 Å². The summed E-state index contributed by atoms with van der Waals surface area (Å²) in [6.07, 6.45) is 6.93. The summed E-state index contributed by atoms with van der Waals surface area (Å²) in [5, 5.41) is 14.0. The van der Waals surface area contributed by atoms with E-state index in [0.717, 1.165) is 22.5 Å². The molecule has 1 unspecified atom stereocenters. The molecule has 3 aliphatic rings. The van der Waals surface area contributed by atoms with Crippen molar-refractivity contribution in [2.24, 2.45) is 5.92 Å². The maximum absolute atomic E-state index is 9.74. The third-order valence-electron chi connectivity index (χ3n) is 3.85. The summed E-state index contributed by atoms with van der Waals surface area (Å²) < 4.78 is 0. The molecule has 0 amide bonds. The molecule has 0 radical (unpaired) electrons. The summed E-state index contributed by atoms with van der Waals surface area (Å²) in [6, 6.07) is 0. The standard InChI is InChI=1S/C12H17N3OS/c1-7(16)9-6-13-11(17-2)14-10(9)15-12-3-8(4-12)5-12/h6-8,16H,3-5H2,1-2H3,(H,13,14,15). The third-order valence-corrected chi connectivity index (χ3v) is 4.41. The molecule has 2 bridgehead atoms. The lowest BCUT2D eigenvalue weighted by Gasteiger charge is -2.62. The van der Waals surface area contributed by atoms with Crippen LogP contribution in [0.1, 0.15) is 37.9 Å². The highest BCUT2D eigenvalue weighted by molar-refractivity contribution is 7.98. The van der Waals surface area contributed by atoms with Crippen molar-refractivity contribution in [1.82, 2.24) is 9.97 Å². The van der Waals surface area contributed by atoms with Crippen LogP contribution in [-0.2, 0) is 0 Å². The molecule has 0 aliphatic heterocycles. The molecule has 3 fully saturated rings. The molecule has 0 saturated heterocycles. The smallest absolute Gasteiger partial charge is 0.189 e. The lowest BCUT2D eigenvalue weighted by atomic mass is 9.50. The number of anilines is 1. The van der Waals surface area contributed by atoms with E-state index >= 15 is 0 Å². The zero-order chi connectivity index (χ0) is 12.0. The molecule has 4 rings (SSSR count). The van der Waals surface area contributed by atoms with Gasteiger partial charge in [0.25, 0.3) is 0 Å². The molecule has 1 atom stereocenters. The molecule has 3 saturated carbocycles. The van der Waals surface area contributed by atoms with E-state index in [-0.39, 0.29) is 5.54 Å². The highest BCUT2D eigenvalue weighted by Crippen LogP contribution is 2.58. The second-order valence-corrected chi connectivity index (χ2v) is 5.99. The van der Waals surface area contributed by atoms with Crippen LogP contribution in [0.25, 0.3) is 0 Å². The van der Waals surface area contributed by atoms with Crippen LogP contribution < -0.4 is 5.32 Å². The molecule has 2 N–H and O–H groups in total. The number of aromatic nitrogens is 2. The first-order chi connectivity index (χ1) is 8.12. The van der Waals surface area contributed by atoms with Crippen LogP contribution in [0.5, 0.6) is 0 Å². The van der Waals surface area contributed by atoms with Gasteiger partial charge in [0.15, 0.2) is 5.16 Å². The third kappa shape index (κ3) is 1.81. The fourth-order valence-electron chi connectivity index (χ4n) is 2.76. The zero-order valence-electron chi connectivity index (χ0n) is 10.1. The predicted octanol–water partition coefficient (Wildman–Crippen LogP) is 2.22. The maximum Gasteiger partial charge on any atom is 0.189 e. The van der Waals surface area contributed by atoms with Crippen LogP contribution in [0.4, 0.5) is 5.82 Å². The Labute approximate surface area is 105 Å². The summed E-state index contributed by atoms with van der Waals surface area (Å²) in [4.78, 5) is 8.70. The molecule has 0 spiro atoms. The summed E-state index contributed by atoms with van der Waals surface area (Å²) in [5.74, 6) is 1.75. The second kappa shape index (κ2) is 3.85. The highest BCUT2D eigenvalue weighted by Gasteiger charge is 2.56. The average Bonchev–Trinajstić information content (AvgIpc) is 2.21. The van der Waals surface area contributed by atoms with Crippen LogP contribution in [-0.4, -0.2) is 26.9 Å². The summed E-state index contributed by atoms with van der Waals surface area (Å²) >= 11 is 1.52. The minimum Gasteiger partial charge on any atom is -0.389 e. The van der Waals surface area contributed by atoms with Crippen molar-refractivity contribution >= 4 is 17.6 Å². The summed E-state index contributed by atoms with van der Waals surface area (Å²) in [5.41, 5.74) is 1.07. The lowest BCUT2D eigenvalue weighted by molar-refractivity contribution is 0.00152. The fourth-order valence-corrected chi connectivity index (χ4v) is 3.10. The van der Waals surface area contributed by atoms with Crippen LogP contribution in [0.15, 0.2) is 11.4 Å². The number of nitrogens with one attached hydrogen (secondary N) is 1. The Balaban J connectivity index is 1.88. The minimum absolute atomic E-state index is 0.276. The van der Waals surface area contributed by atoms with Gasteiger partial charge in [0, 0.05) is 17.3 Å². The minimum atomic E-state index is -0.527. The van der Waals surface area contributed by atoms with Gasteiger partial charge in [-0.25, -0.2) is 9.97 Å². The van der Waals surface area contributed by atoms with Crippen molar-refractivity contribution in [3.8, 4) is 0 Å². The van der Waals surface area contributed by atoms with Crippen LogP contribution in [0, 0.1) is 5.92 Å². The van der Waals surface area contributed by atoms with Crippen molar-refractivity contribution in [1.29, 1.82) is 0 Å². The number of hydrogen-bond acceptors (Lipinski definition) is 5. The topological polar surface area (TPSA) is 58.0 Å². The Morgan fingerprint density at radius 1 is 1.53 bits per heavy atom. The van der Waals surface area contributed by atoms with Gasteiger partial charge in [-0.15, -0.1) is 0 Å². The van der Waals surface area contributed by atoms with Crippen molar-refractivity contribution < 1.29 is 5.11 Å². The summed E-state index contributed by atoms with van der Waals surface area (Å²) in [6.45, 7) is 1.75. The van der Waals surface area contributed by atoms with E-state index in [1.165, 1.54) is 31.0 Å². The van der Waals surface area contributed by atoms with Gasteiger partial charge in [0.05, 0.1) is 6.10 Å². The van der Waals surface area contributed by atoms with E-state index < -0.39 is 6.10 Å². The number of nitrogens with zero attached hydrogens (tertiary/aromatic N) is 2. The second-order valence-electron chi connectivity index (χ2n) is 5.22. The Morgan fingerprint density at radius 2 is 2.24 bits per heavy atom. The first kappa shape index (κ1) is 11.3. The summed E-state index contributed by atoms with van der Waals surface area (Å²) in [7, 11) is 0. The fraction of sp³-hybridized carbons (Fsp3) is 0.667. The van der Waals surface area contributed by atoms with E-state index in [9.17, 15) is 5.11 Å². The van der Waals surface area contributed by atoms with Gasteiger partial charge in [-0.2, -0.15) is 0 Å². The Morgan fingerprint density at radius 3 is 2.71 bits per heavy atom. The molecule has 1 aromatic rings. The van der Waals surface area contributed by atoms with Crippen LogP contribution >= 0.6 is 11.8 Å². The zero-order valence-corrected chi connectivity index (χ0v) is 10.9. The molecule has 0 aromatic carbocycles. The van der Waals surface area contributed by atoms with Gasteiger partial charge in [0.1, 0.15) is 5.82 Å². The van der Waals surface area contributed by atoms with E-state index in [2.05, 4.69) is 15.3 Å². The maximum atomic E-state index is 9.74. The molecule has 4 nitrogen and oxygen atoms in total. The first-order valence-electron chi connectivity index (χ1n) is 5.99. The van der Waals surface area contributed by atoms with Crippen LogP contribution in [0.2, 0.25) is 0 Å². The van der Waals surface area contributed by atoms with Crippen molar-refractivity contribution in [2.45, 2.75) is 43.0 Å². The van der Waals surface area contributed by atoms with Crippen LogP contribution in [0.3, 0.4) is 0 Å². The number of aliphatic hydroxyl groups is 1. The van der Waals surface area contributed by atoms with Crippen molar-refractivity contribution in [3.63, 3.8) is 0 Å².